The summed E-state index contributed by atoms with van der Waals surface area (Å²) in [4.78, 5) is 15.1. The Morgan fingerprint density at radius 1 is 1.12 bits per heavy atom. The summed E-state index contributed by atoms with van der Waals surface area (Å²) >= 11 is 1.76. The van der Waals surface area contributed by atoms with Crippen LogP contribution in [0.5, 0.6) is 0 Å². The fraction of sp³-hybridized carbons (Fsp3) is 0.318. The lowest BCUT2D eigenvalue weighted by Gasteiger charge is -2.28. The smallest absolute Gasteiger partial charge is 0.288 e. The zero-order chi connectivity index (χ0) is 23.2. The van der Waals surface area contributed by atoms with E-state index in [0.717, 1.165) is 30.3 Å². The number of thioether (sulfide) groups is 2. The lowest BCUT2D eigenvalue weighted by molar-refractivity contribution is -0.113. The number of halogens is 2. The van der Waals surface area contributed by atoms with Crippen LogP contribution >= 0.6 is 23.5 Å². The second kappa shape index (κ2) is 11.0. The van der Waals surface area contributed by atoms with Gasteiger partial charge < -0.3 is 15.0 Å². The number of hydrogen-bond donors (Lipinski definition) is 1. The lowest BCUT2D eigenvalue weighted by atomic mass is 10.2. The van der Waals surface area contributed by atoms with Crippen LogP contribution in [0.25, 0.3) is 5.69 Å². The predicted octanol–water partition coefficient (Wildman–Crippen LogP) is 4.46. The monoisotopic (exact) mass is 491 g/mol. The van der Waals surface area contributed by atoms with Gasteiger partial charge in [-0.2, -0.15) is 8.78 Å². The van der Waals surface area contributed by atoms with Crippen LogP contribution in [0.4, 0.5) is 20.4 Å². The molecule has 7 nitrogen and oxygen atoms in total. The molecule has 33 heavy (non-hydrogen) atoms. The van der Waals surface area contributed by atoms with E-state index in [1.807, 2.05) is 35.8 Å². The van der Waals surface area contributed by atoms with E-state index in [4.69, 9.17) is 4.74 Å². The van der Waals surface area contributed by atoms with E-state index in [9.17, 15) is 13.6 Å². The molecule has 0 radical (unpaired) electrons. The van der Waals surface area contributed by atoms with Crippen molar-refractivity contribution in [3.05, 3.63) is 54.1 Å². The molecule has 1 saturated heterocycles. The molecule has 11 heteroatoms. The lowest BCUT2D eigenvalue weighted by Crippen LogP contribution is -2.38. The van der Waals surface area contributed by atoms with Gasteiger partial charge in [0.15, 0.2) is 5.16 Å². The molecular weight excluding hydrogens is 468 g/mol. The maximum Gasteiger partial charge on any atom is 0.288 e. The van der Waals surface area contributed by atoms with Crippen molar-refractivity contribution >= 4 is 41.1 Å². The summed E-state index contributed by atoms with van der Waals surface area (Å²) in [5.41, 5.74) is 2.58. The van der Waals surface area contributed by atoms with Crippen LogP contribution in [0, 0.1) is 6.92 Å². The molecule has 0 atom stereocenters. The summed E-state index contributed by atoms with van der Waals surface area (Å²) in [6.45, 7) is 4.71. The van der Waals surface area contributed by atoms with Gasteiger partial charge in [0, 0.05) is 23.7 Å². The molecule has 0 bridgehead atoms. The standard InChI is InChI=1S/C22H23F2N5O2S2/c1-15-4-2-3-5-18(15)29-21(28-10-12-31-13-11-28)26-27-22(29)32-14-19(30)25-16-6-8-17(9-7-16)33-20(23)24/h2-9,20H,10-14H2,1H3,(H,25,30). The molecule has 0 aliphatic carbocycles. The van der Waals surface area contributed by atoms with Gasteiger partial charge in [-0.3, -0.25) is 9.36 Å². The van der Waals surface area contributed by atoms with Crippen molar-refractivity contribution in [3.8, 4) is 5.69 Å². The highest BCUT2D eigenvalue weighted by molar-refractivity contribution is 8.00. The summed E-state index contributed by atoms with van der Waals surface area (Å²) < 4.78 is 32.4. The average Bonchev–Trinajstić information content (AvgIpc) is 3.23. The Balaban J connectivity index is 1.48. The molecular formula is C22H23F2N5O2S2. The number of para-hydroxylation sites is 1. The minimum absolute atomic E-state index is 0.126. The molecule has 2 heterocycles. The topological polar surface area (TPSA) is 72.3 Å². The number of carbonyl (C=O) groups is 1. The number of morpholine rings is 1. The van der Waals surface area contributed by atoms with E-state index in [2.05, 4.69) is 20.4 Å². The Hall–Kier alpha value is -2.63. The predicted molar refractivity (Wildman–Crippen MR) is 127 cm³/mol. The molecule has 0 spiro atoms. The Labute approximate surface area is 198 Å². The first-order valence-electron chi connectivity index (χ1n) is 10.3. The van der Waals surface area contributed by atoms with Gasteiger partial charge >= 0.3 is 0 Å². The molecule has 1 amide bonds. The average molecular weight is 492 g/mol. The van der Waals surface area contributed by atoms with Gasteiger partial charge in [-0.1, -0.05) is 41.7 Å². The number of rotatable bonds is 8. The van der Waals surface area contributed by atoms with E-state index < -0.39 is 5.76 Å². The van der Waals surface area contributed by atoms with Gasteiger partial charge in [-0.05, 0) is 42.8 Å². The second-order valence-corrected chi connectivity index (χ2v) is 9.25. The number of aromatic nitrogens is 3. The summed E-state index contributed by atoms with van der Waals surface area (Å²) in [6, 6.07) is 14.3. The zero-order valence-corrected chi connectivity index (χ0v) is 19.5. The Kier molecular flexibility index (Phi) is 7.84. The Morgan fingerprint density at radius 3 is 2.55 bits per heavy atom. The number of nitrogens with one attached hydrogen (secondary N) is 1. The highest BCUT2D eigenvalue weighted by Crippen LogP contribution is 2.29. The number of amides is 1. The van der Waals surface area contributed by atoms with Crippen molar-refractivity contribution in [1.82, 2.24) is 14.8 Å². The molecule has 1 aromatic heterocycles. The van der Waals surface area contributed by atoms with Crippen molar-refractivity contribution in [1.29, 1.82) is 0 Å². The van der Waals surface area contributed by atoms with Gasteiger partial charge in [0.2, 0.25) is 11.9 Å². The first-order valence-corrected chi connectivity index (χ1v) is 12.2. The first-order chi connectivity index (χ1) is 16.0. The van der Waals surface area contributed by atoms with Crippen LogP contribution in [-0.4, -0.2) is 58.5 Å². The number of benzene rings is 2. The molecule has 4 rings (SSSR count). The van der Waals surface area contributed by atoms with Crippen LogP contribution in [0.2, 0.25) is 0 Å². The van der Waals surface area contributed by atoms with Crippen LogP contribution in [-0.2, 0) is 9.53 Å². The second-order valence-electron chi connectivity index (χ2n) is 7.24. The van der Waals surface area contributed by atoms with E-state index >= 15 is 0 Å². The van der Waals surface area contributed by atoms with E-state index in [-0.39, 0.29) is 11.7 Å². The summed E-state index contributed by atoms with van der Waals surface area (Å²) in [7, 11) is 0. The Morgan fingerprint density at radius 2 is 1.85 bits per heavy atom. The maximum absolute atomic E-state index is 12.5. The van der Waals surface area contributed by atoms with Crippen molar-refractivity contribution in [2.24, 2.45) is 0 Å². The summed E-state index contributed by atoms with van der Waals surface area (Å²) in [6.07, 6.45) is 0. The molecule has 1 N–H and O–H groups in total. The number of hydrogen-bond acceptors (Lipinski definition) is 7. The van der Waals surface area contributed by atoms with Crippen LogP contribution in [0.15, 0.2) is 58.6 Å². The number of nitrogens with zero attached hydrogens (tertiary/aromatic N) is 4. The van der Waals surface area contributed by atoms with Crippen molar-refractivity contribution in [2.45, 2.75) is 22.7 Å². The van der Waals surface area contributed by atoms with Gasteiger partial charge in [-0.25, -0.2) is 0 Å². The quantitative estimate of drug-likeness (QED) is 0.467. The third-order valence-electron chi connectivity index (χ3n) is 4.96. The van der Waals surface area contributed by atoms with Crippen molar-refractivity contribution in [3.63, 3.8) is 0 Å². The third kappa shape index (κ3) is 6.04. The number of ether oxygens (including phenoxy) is 1. The molecule has 1 aliphatic rings. The Bertz CT molecular complexity index is 1090. The minimum atomic E-state index is -2.48. The number of aryl methyl sites for hydroxylation is 1. The summed E-state index contributed by atoms with van der Waals surface area (Å²) in [5, 5.41) is 12.2. The molecule has 1 aliphatic heterocycles. The number of alkyl halides is 2. The first kappa shape index (κ1) is 23.5. The fourth-order valence-electron chi connectivity index (χ4n) is 3.40. The molecule has 2 aromatic carbocycles. The maximum atomic E-state index is 12.5. The molecule has 3 aromatic rings. The number of anilines is 2. The van der Waals surface area contributed by atoms with E-state index in [1.54, 1.807) is 24.3 Å². The minimum Gasteiger partial charge on any atom is -0.378 e. The molecule has 0 unspecified atom stereocenters. The fourth-order valence-corrected chi connectivity index (χ4v) is 4.63. The van der Waals surface area contributed by atoms with Crippen LogP contribution in [0.3, 0.4) is 0 Å². The highest BCUT2D eigenvalue weighted by atomic mass is 32.2. The molecule has 0 saturated carbocycles. The molecule has 1 fully saturated rings. The SMILES string of the molecule is Cc1ccccc1-n1c(SCC(=O)Nc2ccc(SC(F)F)cc2)nnc1N1CCOCC1. The van der Waals surface area contributed by atoms with Gasteiger partial charge in [0.05, 0.1) is 24.7 Å². The van der Waals surface area contributed by atoms with Gasteiger partial charge in [-0.15, -0.1) is 10.2 Å². The van der Waals surface area contributed by atoms with Crippen LogP contribution in [0.1, 0.15) is 5.56 Å². The number of carbonyl (C=O) groups excluding carboxylic acids is 1. The normalized spacial score (nSPS) is 14.0. The largest absolute Gasteiger partial charge is 0.378 e. The van der Waals surface area contributed by atoms with E-state index in [1.165, 1.54) is 11.8 Å². The summed E-state index contributed by atoms with van der Waals surface area (Å²) in [5.74, 6) is -1.85. The third-order valence-corrected chi connectivity index (χ3v) is 6.61. The highest BCUT2D eigenvalue weighted by Gasteiger charge is 2.23. The van der Waals surface area contributed by atoms with E-state index in [0.29, 0.717) is 40.7 Å². The van der Waals surface area contributed by atoms with Crippen molar-refractivity contribution in [2.75, 3.05) is 42.3 Å². The van der Waals surface area contributed by atoms with Crippen molar-refractivity contribution < 1.29 is 18.3 Å². The van der Waals surface area contributed by atoms with Gasteiger partial charge in [0.1, 0.15) is 0 Å². The molecule has 174 valence electrons. The zero-order valence-electron chi connectivity index (χ0n) is 17.9. The van der Waals surface area contributed by atoms with Crippen LogP contribution < -0.4 is 10.2 Å². The van der Waals surface area contributed by atoms with Gasteiger partial charge in [0.25, 0.3) is 5.76 Å².